The highest BCUT2D eigenvalue weighted by Gasteiger charge is 2.18. The minimum Gasteiger partial charge on any atom is -0.481 e. The minimum absolute atomic E-state index is 0.0794. The number of carboxylic acid groups (broad SMARTS) is 1. The molecule has 0 saturated heterocycles. The molecule has 0 saturated carbocycles. The average Bonchev–Trinajstić information content (AvgIpc) is 2.15. The number of aliphatic carboxylic acids is 1. The summed E-state index contributed by atoms with van der Waals surface area (Å²) < 4.78 is 0. The zero-order chi connectivity index (χ0) is 11.7. The molecule has 0 aliphatic carbocycles. The first-order valence-corrected chi connectivity index (χ1v) is 5.59. The van der Waals surface area contributed by atoms with Crippen LogP contribution >= 0.6 is 11.6 Å². The van der Waals surface area contributed by atoms with Crippen LogP contribution in [0.3, 0.4) is 0 Å². The third kappa shape index (κ3) is 9.76. The van der Waals surface area contributed by atoms with Crippen LogP contribution in [0.5, 0.6) is 0 Å². The molecule has 0 atom stereocenters. The quantitative estimate of drug-likeness (QED) is 0.634. The SMILES string of the molecule is CC(C)(CCNCC=CCl)CCC(=O)O. The van der Waals surface area contributed by atoms with Crippen LogP contribution in [0.2, 0.25) is 0 Å². The number of hydrogen-bond acceptors (Lipinski definition) is 2. The topological polar surface area (TPSA) is 49.3 Å². The lowest BCUT2D eigenvalue weighted by Crippen LogP contribution is -2.23. The zero-order valence-corrected chi connectivity index (χ0v) is 10.2. The Hall–Kier alpha value is -0.540. The molecule has 0 rings (SSSR count). The number of carboxylic acids is 1. The fraction of sp³-hybridized carbons (Fsp3) is 0.727. The molecule has 0 fully saturated rings. The van der Waals surface area contributed by atoms with Gasteiger partial charge in [-0.2, -0.15) is 0 Å². The van der Waals surface area contributed by atoms with E-state index in [-0.39, 0.29) is 11.8 Å². The molecular weight excluding hydrogens is 214 g/mol. The first-order valence-electron chi connectivity index (χ1n) is 5.16. The second-order valence-electron chi connectivity index (χ2n) is 4.37. The normalized spacial score (nSPS) is 12.2. The van der Waals surface area contributed by atoms with Crippen molar-refractivity contribution in [2.45, 2.75) is 33.1 Å². The van der Waals surface area contributed by atoms with Gasteiger partial charge in [0.25, 0.3) is 0 Å². The van der Waals surface area contributed by atoms with Crippen molar-refractivity contribution in [1.29, 1.82) is 0 Å². The second-order valence-corrected chi connectivity index (χ2v) is 4.63. The fourth-order valence-corrected chi connectivity index (χ4v) is 1.32. The van der Waals surface area contributed by atoms with E-state index in [0.29, 0.717) is 0 Å². The summed E-state index contributed by atoms with van der Waals surface area (Å²) in [7, 11) is 0. The maximum atomic E-state index is 10.4. The summed E-state index contributed by atoms with van der Waals surface area (Å²) in [5.41, 5.74) is 1.57. The van der Waals surface area contributed by atoms with Crippen LogP contribution in [0.25, 0.3) is 0 Å². The van der Waals surface area contributed by atoms with Gasteiger partial charge in [-0.3, -0.25) is 4.79 Å². The van der Waals surface area contributed by atoms with Crippen molar-refractivity contribution >= 4 is 17.6 Å². The molecule has 88 valence electrons. The molecule has 0 aliphatic heterocycles. The Balaban J connectivity index is 3.59. The molecule has 0 radical (unpaired) electrons. The van der Waals surface area contributed by atoms with Crippen molar-refractivity contribution in [2.75, 3.05) is 13.1 Å². The molecule has 4 heteroatoms. The van der Waals surface area contributed by atoms with Crippen molar-refractivity contribution < 1.29 is 9.90 Å². The van der Waals surface area contributed by atoms with Gasteiger partial charge in [-0.1, -0.05) is 31.5 Å². The monoisotopic (exact) mass is 233 g/mol. The highest BCUT2D eigenvalue weighted by Crippen LogP contribution is 2.25. The summed E-state index contributed by atoms with van der Waals surface area (Å²) in [4.78, 5) is 10.4. The van der Waals surface area contributed by atoms with Gasteiger partial charge < -0.3 is 10.4 Å². The van der Waals surface area contributed by atoms with Gasteiger partial charge in [0.15, 0.2) is 0 Å². The van der Waals surface area contributed by atoms with E-state index in [1.165, 1.54) is 5.54 Å². The Labute approximate surface area is 96.5 Å². The van der Waals surface area contributed by atoms with E-state index in [2.05, 4.69) is 19.2 Å². The van der Waals surface area contributed by atoms with Crippen LogP contribution in [-0.2, 0) is 4.79 Å². The third-order valence-corrected chi connectivity index (χ3v) is 2.52. The average molecular weight is 234 g/mol. The van der Waals surface area contributed by atoms with Gasteiger partial charge in [0.1, 0.15) is 0 Å². The van der Waals surface area contributed by atoms with E-state index in [4.69, 9.17) is 16.7 Å². The Morgan fingerprint density at radius 3 is 2.67 bits per heavy atom. The standard InChI is InChI=1S/C11H20ClNO2/c1-11(2,5-4-10(14)15)6-9-13-8-3-7-12/h3,7,13H,4-6,8-9H2,1-2H3,(H,14,15). The Morgan fingerprint density at radius 1 is 1.47 bits per heavy atom. The second kappa shape index (κ2) is 7.71. The van der Waals surface area contributed by atoms with Crippen LogP contribution in [0.1, 0.15) is 33.1 Å². The van der Waals surface area contributed by atoms with Crippen molar-refractivity contribution in [3.63, 3.8) is 0 Å². The van der Waals surface area contributed by atoms with Crippen molar-refractivity contribution in [3.05, 3.63) is 11.6 Å². The van der Waals surface area contributed by atoms with E-state index in [0.717, 1.165) is 25.9 Å². The van der Waals surface area contributed by atoms with E-state index in [1.54, 1.807) is 0 Å². The molecule has 0 aromatic carbocycles. The largest absolute Gasteiger partial charge is 0.481 e. The van der Waals surface area contributed by atoms with E-state index >= 15 is 0 Å². The first kappa shape index (κ1) is 14.5. The summed E-state index contributed by atoms with van der Waals surface area (Å²) in [6, 6.07) is 0. The van der Waals surface area contributed by atoms with Gasteiger partial charge in [-0.25, -0.2) is 0 Å². The predicted molar refractivity (Wildman–Crippen MR) is 63.1 cm³/mol. The molecule has 15 heavy (non-hydrogen) atoms. The Bertz CT molecular complexity index is 215. The maximum absolute atomic E-state index is 10.4. The van der Waals surface area contributed by atoms with Gasteiger partial charge >= 0.3 is 5.97 Å². The third-order valence-electron chi connectivity index (χ3n) is 2.35. The van der Waals surface area contributed by atoms with Gasteiger partial charge in [0.05, 0.1) is 0 Å². The molecule has 2 N–H and O–H groups in total. The highest BCUT2D eigenvalue weighted by atomic mass is 35.5. The maximum Gasteiger partial charge on any atom is 0.303 e. The van der Waals surface area contributed by atoms with E-state index in [9.17, 15) is 4.79 Å². The van der Waals surface area contributed by atoms with Crippen molar-refractivity contribution in [2.24, 2.45) is 5.41 Å². The summed E-state index contributed by atoms with van der Waals surface area (Å²) in [5, 5.41) is 11.8. The molecule has 0 bridgehead atoms. The molecule has 0 spiro atoms. The van der Waals surface area contributed by atoms with Gasteiger partial charge in [-0.05, 0) is 24.8 Å². The predicted octanol–water partition coefficient (Wildman–Crippen LogP) is 2.61. The molecule has 0 heterocycles. The van der Waals surface area contributed by atoms with Gasteiger partial charge in [0, 0.05) is 18.5 Å². The van der Waals surface area contributed by atoms with E-state index in [1.807, 2.05) is 6.08 Å². The lowest BCUT2D eigenvalue weighted by Gasteiger charge is -2.23. The summed E-state index contributed by atoms with van der Waals surface area (Å²) in [6.45, 7) is 5.83. The number of nitrogens with one attached hydrogen (secondary N) is 1. The van der Waals surface area contributed by atoms with Gasteiger partial charge in [0.2, 0.25) is 0 Å². The van der Waals surface area contributed by atoms with Crippen LogP contribution in [0, 0.1) is 5.41 Å². The van der Waals surface area contributed by atoms with Crippen LogP contribution in [-0.4, -0.2) is 24.2 Å². The zero-order valence-electron chi connectivity index (χ0n) is 9.42. The summed E-state index contributed by atoms with van der Waals surface area (Å²) in [5.74, 6) is -0.721. The number of halogens is 1. The van der Waals surface area contributed by atoms with Crippen molar-refractivity contribution in [3.8, 4) is 0 Å². The van der Waals surface area contributed by atoms with Gasteiger partial charge in [-0.15, -0.1) is 0 Å². The Morgan fingerprint density at radius 2 is 2.13 bits per heavy atom. The lowest BCUT2D eigenvalue weighted by atomic mass is 9.84. The summed E-state index contributed by atoms with van der Waals surface area (Å²) >= 11 is 5.37. The number of rotatable bonds is 8. The first-order chi connectivity index (χ1) is 6.98. The molecule has 0 aliphatic rings. The van der Waals surface area contributed by atoms with E-state index < -0.39 is 5.97 Å². The molecule has 0 amide bonds. The lowest BCUT2D eigenvalue weighted by molar-refractivity contribution is -0.137. The minimum atomic E-state index is -0.721. The molecule has 0 aromatic heterocycles. The number of hydrogen-bond donors (Lipinski definition) is 2. The smallest absolute Gasteiger partial charge is 0.303 e. The molecule has 0 aromatic rings. The molecular formula is C11H20ClNO2. The number of carbonyl (C=O) groups is 1. The molecule has 3 nitrogen and oxygen atoms in total. The van der Waals surface area contributed by atoms with Crippen molar-refractivity contribution in [1.82, 2.24) is 5.32 Å². The Kier molecular flexibility index (Phi) is 7.44. The molecule has 0 unspecified atom stereocenters. The summed E-state index contributed by atoms with van der Waals surface area (Å²) in [6.07, 6.45) is 3.77. The van der Waals surface area contributed by atoms with Crippen LogP contribution < -0.4 is 5.32 Å². The highest BCUT2D eigenvalue weighted by molar-refractivity contribution is 6.25. The fourth-order valence-electron chi connectivity index (χ4n) is 1.23. The van der Waals surface area contributed by atoms with Crippen LogP contribution in [0.4, 0.5) is 0 Å². The van der Waals surface area contributed by atoms with Crippen LogP contribution in [0.15, 0.2) is 11.6 Å².